The minimum Gasteiger partial charge on any atom is -0.490 e. The van der Waals surface area contributed by atoms with Crippen molar-refractivity contribution in [3.05, 3.63) is 111 Å². The molecule has 3 atom stereocenters. The Bertz CT molecular complexity index is 2190. The molecule has 4 aromatic carbocycles. The van der Waals surface area contributed by atoms with Crippen molar-refractivity contribution < 1.29 is 33.4 Å². The van der Waals surface area contributed by atoms with Gasteiger partial charge in [0.05, 0.1) is 35.4 Å². The summed E-state index contributed by atoms with van der Waals surface area (Å²) in [6, 6.07) is 24.7. The quantitative estimate of drug-likeness (QED) is 0.132. The van der Waals surface area contributed by atoms with E-state index < -0.39 is 34.9 Å². The first-order valence-electron chi connectivity index (χ1n) is 16.0. The van der Waals surface area contributed by atoms with E-state index in [0.717, 1.165) is 27.0 Å². The van der Waals surface area contributed by atoms with Crippen LogP contribution in [-0.2, 0) is 19.1 Å². The van der Waals surface area contributed by atoms with Gasteiger partial charge in [-0.2, -0.15) is 0 Å². The van der Waals surface area contributed by atoms with Crippen molar-refractivity contribution in [3.8, 4) is 11.5 Å². The minimum absolute atomic E-state index is 0.219. The summed E-state index contributed by atoms with van der Waals surface area (Å²) in [4.78, 5) is 70.1. The van der Waals surface area contributed by atoms with E-state index in [1.807, 2.05) is 49.4 Å². The van der Waals surface area contributed by atoms with Crippen LogP contribution in [0.5, 0.6) is 11.5 Å². The maximum Gasteiger partial charge on any atom is 0.338 e. The summed E-state index contributed by atoms with van der Waals surface area (Å²) in [7, 11) is 0. The molecule has 1 saturated heterocycles. The normalized spacial score (nSPS) is 18.0. The van der Waals surface area contributed by atoms with E-state index in [9.17, 15) is 24.0 Å². The van der Waals surface area contributed by atoms with E-state index in [1.165, 1.54) is 23.9 Å². The number of esters is 1. The molecule has 2 aliphatic rings. The van der Waals surface area contributed by atoms with Gasteiger partial charge in [-0.25, -0.2) is 9.69 Å². The van der Waals surface area contributed by atoms with Crippen LogP contribution >= 0.6 is 23.1 Å². The molecular formula is C37H31N3O8S2. The molecule has 3 heterocycles. The number of hydrogen-bond donors (Lipinski definition) is 2. The van der Waals surface area contributed by atoms with Gasteiger partial charge < -0.3 is 24.5 Å². The molecule has 254 valence electrons. The lowest BCUT2D eigenvalue weighted by atomic mass is 9.83. The SMILES string of the molecule is CCOC(=O)c1ccc(N2C(=O)C3Sc4[nH]c(=O)sc4C(c4ccc(OCC(=O)Nc5cccc6ccccc56)c(OCC)c4)C3C2=O)cc1. The highest BCUT2D eigenvalue weighted by Crippen LogP contribution is 2.53. The summed E-state index contributed by atoms with van der Waals surface area (Å²) in [5.41, 5.74) is 1.95. The van der Waals surface area contributed by atoms with E-state index in [4.69, 9.17) is 14.2 Å². The van der Waals surface area contributed by atoms with Gasteiger partial charge in [-0.15, -0.1) is 0 Å². The van der Waals surface area contributed by atoms with Crippen molar-refractivity contribution >= 4 is 68.9 Å². The van der Waals surface area contributed by atoms with Crippen molar-refractivity contribution in [2.75, 3.05) is 30.0 Å². The zero-order valence-electron chi connectivity index (χ0n) is 27.0. The molecule has 0 bridgehead atoms. The van der Waals surface area contributed by atoms with Crippen LogP contribution in [0.4, 0.5) is 11.4 Å². The first-order valence-corrected chi connectivity index (χ1v) is 17.7. The molecule has 50 heavy (non-hydrogen) atoms. The largest absolute Gasteiger partial charge is 0.490 e. The molecule has 1 fully saturated rings. The molecule has 1 aromatic heterocycles. The molecule has 2 aliphatic heterocycles. The Balaban J connectivity index is 1.16. The summed E-state index contributed by atoms with van der Waals surface area (Å²) in [6.45, 7) is 3.76. The molecule has 0 aliphatic carbocycles. The Hall–Kier alpha value is -5.40. The lowest BCUT2D eigenvalue weighted by molar-refractivity contribution is -0.122. The molecule has 11 nitrogen and oxygen atoms in total. The average Bonchev–Trinajstić information content (AvgIpc) is 3.61. The minimum atomic E-state index is -0.830. The van der Waals surface area contributed by atoms with Crippen molar-refractivity contribution in [1.29, 1.82) is 0 Å². The molecule has 0 saturated carbocycles. The van der Waals surface area contributed by atoms with Crippen molar-refractivity contribution in [2.45, 2.75) is 30.0 Å². The number of rotatable bonds is 10. The van der Waals surface area contributed by atoms with E-state index >= 15 is 0 Å². The van der Waals surface area contributed by atoms with E-state index in [-0.39, 0.29) is 24.0 Å². The number of H-pyrrole nitrogens is 1. The summed E-state index contributed by atoms with van der Waals surface area (Å²) in [5, 5.41) is 4.55. The molecule has 0 spiro atoms. The summed E-state index contributed by atoms with van der Waals surface area (Å²) < 4.78 is 16.9. The molecular weight excluding hydrogens is 679 g/mol. The number of aromatic amines is 1. The molecule has 3 unspecified atom stereocenters. The Morgan fingerprint density at radius 1 is 0.860 bits per heavy atom. The zero-order chi connectivity index (χ0) is 34.9. The van der Waals surface area contributed by atoms with E-state index in [0.29, 0.717) is 50.5 Å². The van der Waals surface area contributed by atoms with Crippen LogP contribution in [0.3, 0.4) is 0 Å². The third-order valence-electron chi connectivity index (χ3n) is 8.51. The van der Waals surface area contributed by atoms with Crippen LogP contribution in [-0.4, -0.2) is 53.7 Å². The fourth-order valence-corrected chi connectivity index (χ4v) is 8.88. The Labute approximate surface area is 294 Å². The maximum absolute atomic E-state index is 14.2. The third kappa shape index (κ3) is 6.14. The second-order valence-electron chi connectivity index (χ2n) is 11.5. The Kier molecular flexibility index (Phi) is 9.17. The van der Waals surface area contributed by atoms with Crippen LogP contribution in [0.15, 0.2) is 94.7 Å². The van der Waals surface area contributed by atoms with Crippen molar-refractivity contribution in [3.63, 3.8) is 0 Å². The average molecular weight is 710 g/mol. The van der Waals surface area contributed by atoms with Gasteiger partial charge in [0.1, 0.15) is 5.25 Å². The standard InChI is InChI=1S/C37H31N3O8S2/c1-3-46-27-18-22(14-17-26(27)48-19-28(41)38-25-11-7-9-20-8-5-6-10-24(20)25)29-30-32(49-33-31(29)50-37(45)39-33)35(43)40(34(30)42)23-15-12-21(13-16-23)36(44)47-4-2/h5-18,29-30,32H,3-4,19H2,1-2H3,(H,38,41)(H,39,45). The van der Waals surface area contributed by atoms with Crippen LogP contribution in [0.2, 0.25) is 0 Å². The van der Waals surface area contributed by atoms with E-state index in [1.54, 1.807) is 37.3 Å². The smallest absolute Gasteiger partial charge is 0.338 e. The highest BCUT2D eigenvalue weighted by Gasteiger charge is 2.56. The number of amides is 3. The maximum atomic E-state index is 14.2. The lowest BCUT2D eigenvalue weighted by Crippen LogP contribution is -2.32. The van der Waals surface area contributed by atoms with Gasteiger partial charge in [0.25, 0.3) is 5.91 Å². The Morgan fingerprint density at radius 2 is 1.64 bits per heavy atom. The van der Waals surface area contributed by atoms with Gasteiger partial charge in [0.2, 0.25) is 11.8 Å². The third-order valence-corrected chi connectivity index (χ3v) is 10.9. The fourth-order valence-electron chi connectivity index (χ4n) is 6.36. The molecule has 0 radical (unpaired) electrons. The van der Waals surface area contributed by atoms with Crippen LogP contribution in [0.1, 0.15) is 40.6 Å². The number of ether oxygens (including phenoxy) is 3. The number of thiazole rings is 1. The first kappa shape index (κ1) is 33.1. The number of nitrogens with zero attached hydrogens (tertiary/aromatic N) is 1. The van der Waals surface area contributed by atoms with Gasteiger partial charge in [-0.1, -0.05) is 65.6 Å². The van der Waals surface area contributed by atoms with Gasteiger partial charge >= 0.3 is 10.8 Å². The summed E-state index contributed by atoms with van der Waals surface area (Å²) in [6.07, 6.45) is 0. The van der Waals surface area contributed by atoms with Crippen LogP contribution in [0, 0.1) is 5.92 Å². The Morgan fingerprint density at radius 3 is 2.42 bits per heavy atom. The predicted molar refractivity (Wildman–Crippen MR) is 190 cm³/mol. The summed E-state index contributed by atoms with van der Waals surface area (Å²) >= 11 is 2.17. The lowest BCUT2D eigenvalue weighted by Gasteiger charge is -2.30. The number of carbonyl (C=O) groups excluding carboxylic acids is 4. The van der Waals surface area contributed by atoms with Crippen molar-refractivity contribution in [1.82, 2.24) is 4.98 Å². The van der Waals surface area contributed by atoms with E-state index in [2.05, 4.69) is 10.3 Å². The molecule has 7 rings (SSSR count). The number of imide groups is 1. The second-order valence-corrected chi connectivity index (χ2v) is 13.7. The zero-order valence-corrected chi connectivity index (χ0v) is 28.6. The molecule has 3 amide bonds. The number of carbonyl (C=O) groups is 4. The monoisotopic (exact) mass is 709 g/mol. The van der Waals surface area contributed by atoms with Crippen LogP contribution in [0.25, 0.3) is 10.8 Å². The highest BCUT2D eigenvalue weighted by molar-refractivity contribution is 8.00. The van der Waals surface area contributed by atoms with Gasteiger partial charge in [0, 0.05) is 21.9 Å². The number of aromatic nitrogens is 1. The van der Waals surface area contributed by atoms with Gasteiger partial charge in [0.15, 0.2) is 18.1 Å². The van der Waals surface area contributed by atoms with Gasteiger partial charge in [-0.3, -0.25) is 19.2 Å². The number of thioether (sulfide) groups is 1. The number of anilines is 2. The first-order chi connectivity index (χ1) is 24.3. The molecule has 13 heteroatoms. The number of hydrogen-bond acceptors (Lipinski definition) is 10. The summed E-state index contributed by atoms with van der Waals surface area (Å²) in [5.74, 6) is -2.50. The van der Waals surface area contributed by atoms with Crippen LogP contribution < -0.4 is 24.6 Å². The predicted octanol–water partition coefficient (Wildman–Crippen LogP) is 5.98. The second kappa shape index (κ2) is 13.8. The van der Waals surface area contributed by atoms with Crippen molar-refractivity contribution in [2.24, 2.45) is 5.92 Å². The molecule has 2 N–H and O–H groups in total. The fraction of sp³-hybridized carbons (Fsp3) is 0.216. The molecule has 5 aromatic rings. The topological polar surface area (TPSA) is 144 Å². The highest BCUT2D eigenvalue weighted by atomic mass is 32.2. The number of fused-ring (bicyclic) bond motifs is 3. The van der Waals surface area contributed by atoms with Gasteiger partial charge in [-0.05, 0) is 67.3 Å². The number of nitrogens with one attached hydrogen (secondary N) is 2. The number of benzene rings is 4.